The molecule has 1 unspecified atom stereocenters. The molecule has 2 aromatic heterocycles. The molecule has 1 fully saturated rings. The normalized spacial score (nSPS) is 24.1. The number of carbonyl (C=O) groups is 1. The van der Waals surface area contributed by atoms with Crippen LogP contribution in [0.2, 0.25) is 5.28 Å². The second-order valence-electron chi connectivity index (χ2n) is 5.93. The summed E-state index contributed by atoms with van der Waals surface area (Å²) >= 11 is 5.87. The van der Waals surface area contributed by atoms with Crippen molar-refractivity contribution in [3.05, 3.63) is 34.9 Å². The van der Waals surface area contributed by atoms with Crippen LogP contribution >= 0.6 is 11.6 Å². The summed E-state index contributed by atoms with van der Waals surface area (Å²) in [5, 5.41) is 6.66. The van der Waals surface area contributed by atoms with Crippen molar-refractivity contribution in [2.45, 2.75) is 18.3 Å². The summed E-state index contributed by atoms with van der Waals surface area (Å²) < 4.78 is 0. The van der Waals surface area contributed by atoms with E-state index in [1.165, 1.54) is 0 Å². The van der Waals surface area contributed by atoms with Gasteiger partial charge in [0, 0.05) is 30.4 Å². The van der Waals surface area contributed by atoms with Gasteiger partial charge in [0.1, 0.15) is 0 Å². The summed E-state index contributed by atoms with van der Waals surface area (Å²) in [7, 11) is 0. The van der Waals surface area contributed by atoms with E-state index in [4.69, 9.17) is 11.6 Å². The molecule has 0 bridgehead atoms. The number of rotatable bonds is 1. The summed E-state index contributed by atoms with van der Waals surface area (Å²) in [6, 6.07) is 3.64. The number of piperidine rings is 1. The molecule has 0 radical (unpaired) electrons. The van der Waals surface area contributed by atoms with E-state index in [9.17, 15) is 4.79 Å². The Morgan fingerprint density at radius 2 is 2.23 bits per heavy atom. The van der Waals surface area contributed by atoms with Crippen LogP contribution in [0.15, 0.2) is 18.3 Å². The summed E-state index contributed by atoms with van der Waals surface area (Å²) in [5.74, 6) is -0.0335. The molecule has 0 aliphatic carbocycles. The molecule has 1 spiro atoms. The zero-order valence-corrected chi connectivity index (χ0v) is 12.7. The van der Waals surface area contributed by atoms with Crippen LogP contribution < -0.4 is 10.6 Å². The number of H-pyrrole nitrogens is 1. The van der Waals surface area contributed by atoms with E-state index < -0.39 is 0 Å². The number of hydrogen-bond acceptors (Lipinski definition) is 4. The van der Waals surface area contributed by atoms with Gasteiger partial charge >= 0.3 is 0 Å². The summed E-state index contributed by atoms with van der Waals surface area (Å²) in [6.07, 6.45) is 3.77. The standard InChI is InChI=1S/C15H16ClN5O/c16-14-18-5-2-10(21-14)11-6-9-12(20-11)15(8-19-13(9)22)3-1-4-17-7-15/h2,5-6,17,20H,1,3-4,7-8H2,(H,19,22). The molecule has 114 valence electrons. The average Bonchev–Trinajstić information content (AvgIpc) is 2.99. The number of carbonyl (C=O) groups excluding carboxylic acids is 1. The minimum absolute atomic E-state index is 0.0335. The van der Waals surface area contributed by atoms with E-state index in [-0.39, 0.29) is 16.6 Å². The van der Waals surface area contributed by atoms with Crippen molar-refractivity contribution in [1.29, 1.82) is 0 Å². The van der Waals surface area contributed by atoms with Crippen molar-refractivity contribution in [1.82, 2.24) is 25.6 Å². The predicted octanol–water partition coefficient (Wildman–Crippen LogP) is 1.49. The van der Waals surface area contributed by atoms with Crippen molar-refractivity contribution in [3.8, 4) is 11.4 Å². The highest BCUT2D eigenvalue weighted by Crippen LogP contribution is 2.37. The number of aromatic nitrogens is 3. The molecule has 6 nitrogen and oxygen atoms in total. The molecule has 7 heteroatoms. The first-order valence-electron chi connectivity index (χ1n) is 7.39. The first-order chi connectivity index (χ1) is 10.7. The Kier molecular flexibility index (Phi) is 3.16. The van der Waals surface area contributed by atoms with Crippen molar-refractivity contribution in [3.63, 3.8) is 0 Å². The topological polar surface area (TPSA) is 82.7 Å². The van der Waals surface area contributed by atoms with E-state index >= 15 is 0 Å². The van der Waals surface area contributed by atoms with Crippen LogP contribution in [-0.4, -0.2) is 40.5 Å². The Bertz CT molecular complexity index is 735. The second kappa shape index (κ2) is 5.07. The number of halogens is 1. The Morgan fingerprint density at radius 1 is 1.32 bits per heavy atom. The molecule has 2 aliphatic heterocycles. The van der Waals surface area contributed by atoms with Crippen molar-refractivity contribution in [2.24, 2.45) is 0 Å². The third-order valence-electron chi connectivity index (χ3n) is 4.55. The van der Waals surface area contributed by atoms with Gasteiger partial charge in [0.15, 0.2) is 0 Å². The first-order valence-corrected chi connectivity index (χ1v) is 7.77. The Labute approximate surface area is 132 Å². The lowest BCUT2D eigenvalue weighted by atomic mass is 9.74. The minimum Gasteiger partial charge on any atom is -0.356 e. The lowest BCUT2D eigenvalue weighted by molar-refractivity contribution is 0.0915. The number of nitrogens with one attached hydrogen (secondary N) is 3. The maximum Gasteiger partial charge on any atom is 0.253 e. The highest BCUT2D eigenvalue weighted by atomic mass is 35.5. The Morgan fingerprint density at radius 3 is 3.00 bits per heavy atom. The van der Waals surface area contributed by atoms with Crippen molar-refractivity contribution >= 4 is 17.5 Å². The van der Waals surface area contributed by atoms with Gasteiger partial charge in [-0.1, -0.05) is 0 Å². The summed E-state index contributed by atoms with van der Waals surface area (Å²) in [4.78, 5) is 23.7. The zero-order valence-electron chi connectivity index (χ0n) is 11.9. The van der Waals surface area contributed by atoms with Gasteiger partial charge in [-0.15, -0.1) is 0 Å². The van der Waals surface area contributed by atoms with Crippen LogP contribution in [0.25, 0.3) is 11.4 Å². The van der Waals surface area contributed by atoms with E-state index in [0.717, 1.165) is 37.3 Å². The maximum atomic E-state index is 12.2. The van der Waals surface area contributed by atoms with Crippen LogP contribution in [-0.2, 0) is 5.41 Å². The van der Waals surface area contributed by atoms with E-state index in [1.54, 1.807) is 12.3 Å². The molecule has 3 N–H and O–H groups in total. The molecule has 1 amide bonds. The monoisotopic (exact) mass is 317 g/mol. The van der Waals surface area contributed by atoms with Gasteiger partial charge in [0.05, 0.1) is 17.0 Å². The highest BCUT2D eigenvalue weighted by molar-refractivity contribution is 6.28. The SMILES string of the molecule is O=C1NCC2(CCCNC2)c2[nH]c(-c3ccnc(Cl)n3)cc21. The minimum atomic E-state index is -0.0590. The lowest BCUT2D eigenvalue weighted by Gasteiger charge is -2.40. The number of fused-ring (bicyclic) bond motifs is 2. The number of amides is 1. The fraction of sp³-hybridized carbons (Fsp3) is 0.400. The smallest absolute Gasteiger partial charge is 0.253 e. The summed E-state index contributed by atoms with van der Waals surface area (Å²) in [6.45, 7) is 2.56. The molecule has 0 saturated carbocycles. The fourth-order valence-corrected chi connectivity index (χ4v) is 3.59. The van der Waals surface area contributed by atoms with Gasteiger partial charge in [-0.2, -0.15) is 0 Å². The molecular weight excluding hydrogens is 302 g/mol. The molecule has 0 aromatic carbocycles. The van der Waals surface area contributed by atoms with Gasteiger partial charge in [0.25, 0.3) is 5.91 Å². The largest absolute Gasteiger partial charge is 0.356 e. The average molecular weight is 318 g/mol. The summed E-state index contributed by atoms with van der Waals surface area (Å²) in [5.41, 5.74) is 3.15. The highest BCUT2D eigenvalue weighted by Gasteiger charge is 2.42. The van der Waals surface area contributed by atoms with Gasteiger partial charge in [-0.05, 0) is 43.1 Å². The van der Waals surface area contributed by atoms with Gasteiger partial charge in [-0.25, -0.2) is 9.97 Å². The molecule has 22 heavy (non-hydrogen) atoms. The number of hydrogen-bond donors (Lipinski definition) is 3. The first kappa shape index (κ1) is 13.7. The molecule has 1 atom stereocenters. The van der Waals surface area contributed by atoms with E-state index in [1.807, 2.05) is 6.07 Å². The van der Waals surface area contributed by atoms with E-state index in [2.05, 4.69) is 25.6 Å². The van der Waals surface area contributed by atoms with Crippen LogP contribution in [0.1, 0.15) is 28.9 Å². The van der Waals surface area contributed by atoms with Gasteiger partial charge in [-0.3, -0.25) is 4.79 Å². The lowest BCUT2D eigenvalue weighted by Crippen LogP contribution is -2.54. The van der Waals surface area contributed by atoms with Gasteiger partial charge in [0.2, 0.25) is 5.28 Å². The van der Waals surface area contributed by atoms with Crippen molar-refractivity contribution in [2.75, 3.05) is 19.6 Å². The van der Waals surface area contributed by atoms with Crippen LogP contribution in [0.3, 0.4) is 0 Å². The number of aromatic amines is 1. The molecule has 2 aromatic rings. The quantitative estimate of drug-likeness (QED) is 0.696. The third-order valence-corrected chi connectivity index (χ3v) is 4.74. The number of nitrogens with zero attached hydrogens (tertiary/aromatic N) is 2. The zero-order chi connectivity index (χ0) is 15.2. The fourth-order valence-electron chi connectivity index (χ4n) is 3.44. The predicted molar refractivity (Wildman–Crippen MR) is 82.9 cm³/mol. The van der Waals surface area contributed by atoms with Crippen LogP contribution in [0.4, 0.5) is 0 Å². The van der Waals surface area contributed by atoms with Gasteiger partial charge < -0.3 is 15.6 Å². The van der Waals surface area contributed by atoms with Crippen molar-refractivity contribution < 1.29 is 4.79 Å². The van der Waals surface area contributed by atoms with Crippen LogP contribution in [0, 0.1) is 0 Å². The maximum absolute atomic E-state index is 12.2. The Balaban J connectivity index is 1.82. The third kappa shape index (κ3) is 2.10. The van der Waals surface area contributed by atoms with E-state index in [0.29, 0.717) is 17.8 Å². The molecule has 4 heterocycles. The molecule has 1 saturated heterocycles. The molecule has 4 rings (SSSR count). The molecular formula is C15H16ClN5O. The van der Waals surface area contributed by atoms with Crippen LogP contribution in [0.5, 0.6) is 0 Å². The second-order valence-corrected chi connectivity index (χ2v) is 6.26. The molecule has 2 aliphatic rings. The Hall–Kier alpha value is -1.92.